The average molecular weight is 591 g/mol. The second kappa shape index (κ2) is 11.6. The van der Waals surface area contributed by atoms with Crippen molar-refractivity contribution < 1.29 is 14.4 Å². The van der Waals surface area contributed by atoms with E-state index in [4.69, 9.17) is 4.74 Å². The second-order valence-electron chi connectivity index (χ2n) is 9.89. The number of hydrogen-bond donors (Lipinski definition) is 0. The largest absolute Gasteiger partial charge is 2.00 e. The predicted molar refractivity (Wildman–Crippen MR) is 180 cm³/mol. The van der Waals surface area contributed by atoms with Gasteiger partial charge in [-0.1, -0.05) is 108 Å². The van der Waals surface area contributed by atoms with Crippen LogP contribution >= 0.6 is 22.7 Å². The van der Waals surface area contributed by atoms with E-state index in [1.165, 1.54) is 31.6 Å². The monoisotopic (exact) mass is 590 g/mol. The standard InChI is InChI=1S/C18H12NOS.C17H11NOS.CH3.Be/c1-2-6-13-12(5-1)9-10-14-17(13)20-11-19-15-7-3-4-8-16(15)21-18(14)19;19-16-12-6-2-1-5-11(12)9-10-13(16)17-18-14-7-3-4-8-15(14)20-17;;/h1-10H,11H2;1-10,19H;1H3;/q+1;;-1;+2/p-1. The molecule has 0 unspecified atom stereocenters. The Balaban J connectivity index is 0.000000146. The summed E-state index contributed by atoms with van der Waals surface area (Å²) >= 11 is 3.40. The van der Waals surface area contributed by atoms with Crippen molar-refractivity contribution in [3.8, 4) is 32.6 Å². The van der Waals surface area contributed by atoms with E-state index in [1.807, 2.05) is 72.0 Å². The maximum atomic E-state index is 12.6. The summed E-state index contributed by atoms with van der Waals surface area (Å²) in [5, 5.41) is 18.8. The fourth-order valence-electron chi connectivity index (χ4n) is 5.46. The molecule has 8 aromatic rings. The fraction of sp³-hybridized carbons (Fsp3) is 0.0278. The number of ether oxygens (including phenoxy) is 1. The van der Waals surface area contributed by atoms with E-state index in [-0.39, 0.29) is 23.3 Å². The van der Waals surface area contributed by atoms with Gasteiger partial charge in [-0.2, -0.15) is 0 Å². The minimum Gasteiger partial charge on any atom is -0.872 e. The molecule has 9 rings (SSSR count). The number of rotatable bonds is 1. The summed E-state index contributed by atoms with van der Waals surface area (Å²) < 4.78 is 10.8. The van der Waals surface area contributed by atoms with E-state index in [2.05, 4.69) is 70.2 Å². The first kappa shape index (κ1) is 28.5. The molecule has 2 aromatic heterocycles. The van der Waals surface area contributed by atoms with Crippen LogP contribution in [0.1, 0.15) is 0 Å². The third-order valence-corrected chi connectivity index (χ3v) is 9.73. The first-order valence-corrected chi connectivity index (χ1v) is 15.0. The average Bonchev–Trinajstić information content (AvgIpc) is 3.63. The van der Waals surface area contributed by atoms with Crippen molar-refractivity contribution in [2.45, 2.75) is 6.73 Å². The molecular weight excluding hydrogens is 566 g/mol. The van der Waals surface area contributed by atoms with Gasteiger partial charge < -0.3 is 17.3 Å². The number of aromatic nitrogens is 2. The van der Waals surface area contributed by atoms with Gasteiger partial charge in [0.1, 0.15) is 21.0 Å². The van der Waals surface area contributed by atoms with Crippen LogP contribution in [-0.2, 0) is 6.73 Å². The third kappa shape index (κ3) is 4.84. The quantitative estimate of drug-likeness (QED) is 0.109. The molecule has 3 heterocycles. The summed E-state index contributed by atoms with van der Waals surface area (Å²) in [7, 11) is 0. The van der Waals surface area contributed by atoms with Gasteiger partial charge in [0.2, 0.25) is 5.52 Å². The van der Waals surface area contributed by atoms with Crippen LogP contribution in [0.25, 0.3) is 63.1 Å². The van der Waals surface area contributed by atoms with Crippen LogP contribution in [0.4, 0.5) is 0 Å². The molecule has 0 radical (unpaired) electrons. The minimum atomic E-state index is 0. The Morgan fingerprint density at radius 3 is 2.07 bits per heavy atom. The van der Waals surface area contributed by atoms with Crippen LogP contribution in [0.2, 0.25) is 0 Å². The Kier molecular flexibility index (Phi) is 7.68. The Labute approximate surface area is 261 Å². The van der Waals surface area contributed by atoms with Crippen LogP contribution in [0.5, 0.6) is 11.5 Å². The zero-order valence-electron chi connectivity index (χ0n) is 23.5. The Morgan fingerprint density at radius 1 is 0.651 bits per heavy atom. The number of benzene rings is 6. The molecule has 0 N–H and O–H groups in total. The van der Waals surface area contributed by atoms with Gasteiger partial charge in [0.15, 0.2) is 0 Å². The second-order valence-corrected chi connectivity index (χ2v) is 12.0. The van der Waals surface area contributed by atoms with E-state index in [1.54, 1.807) is 11.3 Å². The first-order chi connectivity index (χ1) is 20.2. The molecule has 0 fully saturated rings. The van der Waals surface area contributed by atoms with Gasteiger partial charge >= 0.3 is 10.1 Å². The summed E-state index contributed by atoms with van der Waals surface area (Å²) in [6.07, 6.45) is 0. The van der Waals surface area contributed by atoms with Crippen molar-refractivity contribution in [1.82, 2.24) is 4.98 Å². The summed E-state index contributed by atoms with van der Waals surface area (Å²) in [5.74, 6) is 1.07. The Morgan fingerprint density at radius 2 is 1.28 bits per heavy atom. The predicted octanol–water partition coefficient (Wildman–Crippen LogP) is 8.62. The third-order valence-electron chi connectivity index (χ3n) is 7.46. The van der Waals surface area contributed by atoms with Gasteiger partial charge in [-0.25, -0.2) is 4.98 Å². The zero-order chi connectivity index (χ0) is 27.3. The van der Waals surface area contributed by atoms with E-state index < -0.39 is 0 Å². The molecule has 0 saturated carbocycles. The van der Waals surface area contributed by atoms with Gasteiger partial charge in [0.25, 0.3) is 11.7 Å². The molecular formula is C36H25BeN2O2S2+. The molecule has 1 aliphatic rings. The van der Waals surface area contributed by atoms with Crippen molar-refractivity contribution in [3.63, 3.8) is 0 Å². The summed E-state index contributed by atoms with van der Waals surface area (Å²) in [6.45, 7) is 0.584. The number of thiazole rings is 2. The topological polar surface area (TPSA) is 49.1 Å². The van der Waals surface area contributed by atoms with Gasteiger partial charge in [-0.3, -0.25) is 0 Å². The van der Waals surface area contributed by atoms with Crippen LogP contribution in [0.3, 0.4) is 0 Å². The Bertz CT molecular complexity index is 2220. The molecule has 0 bridgehead atoms. The maximum absolute atomic E-state index is 12.6. The van der Waals surface area contributed by atoms with Crippen molar-refractivity contribution in [2.75, 3.05) is 0 Å². The summed E-state index contributed by atoms with van der Waals surface area (Å²) in [6, 6.07) is 40.7. The van der Waals surface area contributed by atoms with Gasteiger partial charge in [-0.15, -0.1) is 15.9 Å². The van der Waals surface area contributed by atoms with E-state index in [0.29, 0.717) is 12.3 Å². The number of fused-ring (bicyclic) bond motifs is 9. The molecule has 204 valence electrons. The molecule has 0 saturated heterocycles. The van der Waals surface area contributed by atoms with Crippen LogP contribution in [0, 0.1) is 7.43 Å². The summed E-state index contributed by atoms with van der Waals surface area (Å²) in [4.78, 5) is 4.57. The van der Waals surface area contributed by atoms with Gasteiger partial charge in [0, 0.05) is 17.0 Å². The van der Waals surface area contributed by atoms with E-state index in [9.17, 15) is 5.11 Å². The molecule has 0 amide bonds. The molecule has 43 heavy (non-hydrogen) atoms. The van der Waals surface area contributed by atoms with Crippen LogP contribution < -0.4 is 14.4 Å². The molecule has 1 aliphatic heterocycles. The number of para-hydroxylation sites is 2. The summed E-state index contributed by atoms with van der Waals surface area (Å²) in [5.41, 5.74) is 4.07. The van der Waals surface area contributed by atoms with Crippen LogP contribution in [0.15, 0.2) is 121 Å². The smallest absolute Gasteiger partial charge is 0.872 e. The SMILES string of the molecule is [Be+2].[CH3-].[O-]c1c(-c2nc3ccccc3s2)ccc2ccccc12.c1ccc2c3c(ccc2c1)-c1sc2ccccc2[n+]1CO3. The zero-order valence-corrected chi connectivity index (χ0v) is 25.1. The van der Waals surface area contributed by atoms with E-state index in [0.717, 1.165) is 31.7 Å². The van der Waals surface area contributed by atoms with Crippen molar-refractivity contribution in [3.05, 3.63) is 129 Å². The minimum absolute atomic E-state index is 0. The molecule has 7 heteroatoms. The van der Waals surface area contributed by atoms with Gasteiger partial charge in [0.05, 0.1) is 10.2 Å². The Hall–Kier alpha value is -4.61. The molecule has 0 spiro atoms. The first-order valence-electron chi connectivity index (χ1n) is 13.4. The number of nitrogens with zero attached hydrogens (tertiary/aromatic N) is 2. The van der Waals surface area contributed by atoms with Crippen molar-refractivity contribution >= 4 is 74.8 Å². The number of hydrogen-bond acceptors (Lipinski definition) is 5. The van der Waals surface area contributed by atoms with Gasteiger partial charge in [-0.05, 0) is 40.4 Å². The molecule has 6 aromatic carbocycles. The fourth-order valence-corrected chi connectivity index (χ4v) is 7.62. The van der Waals surface area contributed by atoms with Crippen molar-refractivity contribution in [2.24, 2.45) is 0 Å². The van der Waals surface area contributed by atoms with E-state index >= 15 is 0 Å². The molecule has 0 aliphatic carbocycles. The molecule has 4 nitrogen and oxygen atoms in total. The van der Waals surface area contributed by atoms with Crippen LogP contribution in [-0.4, -0.2) is 15.1 Å². The molecule has 0 atom stereocenters. The maximum Gasteiger partial charge on any atom is 2.00 e. The normalized spacial score (nSPS) is 11.5. The van der Waals surface area contributed by atoms with Crippen molar-refractivity contribution in [1.29, 1.82) is 0 Å².